The van der Waals surface area contributed by atoms with Gasteiger partial charge in [0.15, 0.2) is 23.2 Å². The number of anilines is 1. The third kappa shape index (κ3) is 3.41. The Hall–Kier alpha value is -2.77. The first-order valence-electron chi connectivity index (χ1n) is 5.74. The van der Waals surface area contributed by atoms with Crippen LogP contribution in [0.5, 0.6) is 0 Å². The zero-order valence-electron chi connectivity index (χ0n) is 10.5. The predicted molar refractivity (Wildman–Crippen MR) is 66.0 cm³/mol. The van der Waals surface area contributed by atoms with Crippen LogP contribution in [0.25, 0.3) is 0 Å². The summed E-state index contributed by atoms with van der Waals surface area (Å²) < 4.78 is 43.8. The molecule has 2 N–H and O–H groups in total. The second kappa shape index (κ2) is 6.12. The molecule has 0 aliphatic rings. The summed E-state index contributed by atoms with van der Waals surface area (Å²) in [5, 5.41) is 4.23. The van der Waals surface area contributed by atoms with Crippen LogP contribution in [-0.2, 0) is 4.79 Å². The van der Waals surface area contributed by atoms with Crippen LogP contribution in [0.1, 0.15) is 10.6 Å². The van der Waals surface area contributed by atoms with E-state index >= 15 is 0 Å². The van der Waals surface area contributed by atoms with Crippen LogP contribution in [0.4, 0.5) is 18.9 Å². The lowest BCUT2D eigenvalue weighted by Crippen LogP contribution is -2.32. The van der Waals surface area contributed by atoms with Crippen LogP contribution in [0.15, 0.2) is 34.9 Å². The number of carbonyl (C=O) groups is 2. The van der Waals surface area contributed by atoms with Gasteiger partial charge in [-0.1, -0.05) is 0 Å². The maximum Gasteiger partial charge on any atom is 0.287 e. The molecule has 0 aliphatic heterocycles. The largest absolute Gasteiger partial charge is 0.459 e. The molecule has 2 aromatic rings. The van der Waals surface area contributed by atoms with Crippen molar-refractivity contribution in [2.75, 3.05) is 11.9 Å². The summed E-state index contributed by atoms with van der Waals surface area (Å²) in [6.45, 7) is -0.488. The number of hydrogen-bond donors (Lipinski definition) is 2. The van der Waals surface area contributed by atoms with Gasteiger partial charge in [0, 0.05) is 0 Å². The monoisotopic (exact) mass is 298 g/mol. The Morgan fingerprint density at radius 3 is 2.52 bits per heavy atom. The molecule has 1 heterocycles. The molecule has 2 rings (SSSR count). The van der Waals surface area contributed by atoms with Crippen LogP contribution in [0.2, 0.25) is 0 Å². The molecule has 0 unspecified atom stereocenters. The van der Waals surface area contributed by atoms with Gasteiger partial charge in [0.05, 0.1) is 18.5 Å². The third-order valence-electron chi connectivity index (χ3n) is 2.46. The lowest BCUT2D eigenvalue weighted by Gasteiger charge is -2.07. The van der Waals surface area contributed by atoms with E-state index in [4.69, 9.17) is 4.42 Å². The molecule has 1 aromatic carbocycles. The van der Waals surface area contributed by atoms with E-state index in [0.29, 0.717) is 6.07 Å². The van der Waals surface area contributed by atoms with Gasteiger partial charge in [-0.3, -0.25) is 9.59 Å². The number of amides is 2. The quantitative estimate of drug-likeness (QED) is 0.849. The van der Waals surface area contributed by atoms with Crippen molar-refractivity contribution in [3.63, 3.8) is 0 Å². The maximum absolute atomic E-state index is 13.3. The molecule has 2 amide bonds. The van der Waals surface area contributed by atoms with Crippen molar-refractivity contribution in [1.82, 2.24) is 5.32 Å². The van der Waals surface area contributed by atoms with E-state index in [0.717, 1.165) is 6.07 Å². The minimum Gasteiger partial charge on any atom is -0.459 e. The predicted octanol–water partition coefficient (Wildman–Crippen LogP) is 2.07. The van der Waals surface area contributed by atoms with Gasteiger partial charge in [-0.2, -0.15) is 0 Å². The Balaban J connectivity index is 1.93. The summed E-state index contributed by atoms with van der Waals surface area (Å²) in [4.78, 5) is 23.0. The highest BCUT2D eigenvalue weighted by Crippen LogP contribution is 2.19. The molecule has 0 atom stereocenters. The van der Waals surface area contributed by atoms with E-state index in [2.05, 4.69) is 5.32 Å². The Kier molecular flexibility index (Phi) is 4.27. The van der Waals surface area contributed by atoms with Crippen molar-refractivity contribution in [3.05, 3.63) is 53.7 Å². The van der Waals surface area contributed by atoms with E-state index in [1.54, 1.807) is 0 Å². The van der Waals surface area contributed by atoms with E-state index in [1.807, 2.05) is 5.32 Å². The maximum atomic E-state index is 13.3. The van der Waals surface area contributed by atoms with Crippen LogP contribution in [-0.4, -0.2) is 18.4 Å². The number of nitrogens with one attached hydrogen (secondary N) is 2. The fourth-order valence-corrected chi connectivity index (χ4v) is 1.47. The summed E-state index contributed by atoms with van der Waals surface area (Å²) in [7, 11) is 0. The Morgan fingerprint density at radius 2 is 1.86 bits per heavy atom. The highest BCUT2D eigenvalue weighted by atomic mass is 19.2. The van der Waals surface area contributed by atoms with Gasteiger partial charge < -0.3 is 15.1 Å². The van der Waals surface area contributed by atoms with Gasteiger partial charge in [-0.05, 0) is 24.3 Å². The van der Waals surface area contributed by atoms with E-state index in [9.17, 15) is 22.8 Å². The average Bonchev–Trinajstić information content (AvgIpc) is 3.00. The zero-order chi connectivity index (χ0) is 15.4. The SMILES string of the molecule is O=C(CNC(=O)c1ccco1)Nc1ccc(F)c(F)c1F. The first kappa shape index (κ1) is 14.6. The fraction of sp³-hybridized carbons (Fsp3) is 0.0769. The zero-order valence-corrected chi connectivity index (χ0v) is 10.5. The molecule has 0 radical (unpaired) electrons. The van der Waals surface area contributed by atoms with E-state index in [1.165, 1.54) is 18.4 Å². The topological polar surface area (TPSA) is 71.3 Å². The summed E-state index contributed by atoms with van der Waals surface area (Å²) in [6.07, 6.45) is 1.28. The molecule has 5 nitrogen and oxygen atoms in total. The van der Waals surface area contributed by atoms with Gasteiger partial charge in [0.25, 0.3) is 5.91 Å². The second-order valence-corrected chi connectivity index (χ2v) is 3.93. The van der Waals surface area contributed by atoms with Gasteiger partial charge in [-0.25, -0.2) is 13.2 Å². The Bertz CT molecular complexity index is 672. The average molecular weight is 298 g/mol. The minimum atomic E-state index is -1.69. The molecule has 0 spiro atoms. The summed E-state index contributed by atoms with van der Waals surface area (Å²) in [6, 6.07) is 4.43. The fourth-order valence-electron chi connectivity index (χ4n) is 1.47. The molecule has 0 fully saturated rings. The standard InChI is InChI=1S/C13H9F3N2O3/c14-7-3-4-8(12(16)11(7)15)18-10(19)6-17-13(20)9-2-1-5-21-9/h1-5H,6H2,(H,17,20)(H,18,19). The molecule has 1 aromatic heterocycles. The second-order valence-electron chi connectivity index (χ2n) is 3.93. The van der Waals surface area contributed by atoms with Gasteiger partial charge in [0.1, 0.15) is 0 Å². The normalized spacial score (nSPS) is 10.2. The lowest BCUT2D eigenvalue weighted by molar-refractivity contribution is -0.115. The Morgan fingerprint density at radius 1 is 1.10 bits per heavy atom. The minimum absolute atomic E-state index is 0.00167. The molecule has 0 saturated carbocycles. The van der Waals surface area contributed by atoms with Crippen LogP contribution < -0.4 is 10.6 Å². The smallest absolute Gasteiger partial charge is 0.287 e. The number of hydrogen-bond acceptors (Lipinski definition) is 3. The highest BCUT2D eigenvalue weighted by molar-refractivity contribution is 5.98. The van der Waals surface area contributed by atoms with Gasteiger partial charge >= 0.3 is 0 Å². The van der Waals surface area contributed by atoms with Gasteiger partial charge in [-0.15, -0.1) is 0 Å². The lowest BCUT2D eigenvalue weighted by atomic mass is 10.2. The number of benzene rings is 1. The first-order valence-corrected chi connectivity index (χ1v) is 5.74. The first-order chi connectivity index (χ1) is 9.99. The van der Waals surface area contributed by atoms with Crippen LogP contribution >= 0.6 is 0 Å². The van der Waals surface area contributed by atoms with Crippen molar-refractivity contribution in [2.24, 2.45) is 0 Å². The summed E-state index contributed by atoms with van der Waals surface area (Å²) >= 11 is 0. The molecule has 0 saturated heterocycles. The van der Waals surface area contributed by atoms with Crippen molar-refractivity contribution in [3.8, 4) is 0 Å². The van der Waals surface area contributed by atoms with Gasteiger partial charge in [0.2, 0.25) is 5.91 Å². The van der Waals surface area contributed by atoms with Crippen LogP contribution in [0, 0.1) is 17.5 Å². The van der Waals surface area contributed by atoms with E-state index in [-0.39, 0.29) is 5.76 Å². The number of furan rings is 1. The molecule has 0 aliphatic carbocycles. The summed E-state index contributed by atoms with van der Waals surface area (Å²) in [5.74, 6) is -6.01. The molecule has 21 heavy (non-hydrogen) atoms. The molecule has 0 bridgehead atoms. The molecular formula is C13H9F3N2O3. The van der Waals surface area contributed by atoms with E-state index < -0.39 is 41.5 Å². The van der Waals surface area contributed by atoms with Crippen molar-refractivity contribution < 1.29 is 27.2 Å². The van der Waals surface area contributed by atoms with Crippen molar-refractivity contribution in [1.29, 1.82) is 0 Å². The highest BCUT2D eigenvalue weighted by Gasteiger charge is 2.16. The van der Waals surface area contributed by atoms with Crippen molar-refractivity contribution >= 4 is 17.5 Å². The van der Waals surface area contributed by atoms with Crippen molar-refractivity contribution in [2.45, 2.75) is 0 Å². The third-order valence-corrected chi connectivity index (χ3v) is 2.46. The number of halogens is 3. The Labute approximate surface area is 116 Å². The number of carbonyl (C=O) groups excluding carboxylic acids is 2. The van der Waals surface area contributed by atoms with Crippen LogP contribution in [0.3, 0.4) is 0 Å². The molecule has 8 heteroatoms. The molecular weight excluding hydrogens is 289 g/mol. The molecule has 110 valence electrons. The summed E-state index contributed by atoms with van der Waals surface area (Å²) in [5.41, 5.74) is -0.522. The number of rotatable bonds is 4.